The molecule has 2 aromatic carbocycles. The van der Waals surface area contributed by atoms with Gasteiger partial charge in [0.1, 0.15) is 5.75 Å². The molecule has 0 aliphatic rings. The standard InChI is InChI=1S/C18H17BrN4O2S/c19-13-6-7-15(24)14(10-13)17-21-18(23-22-17)26-11-16(25)20-9-8-12-4-2-1-3-5-12/h1-7,10,24H,8-9,11H2,(H,20,25)(H,21,22,23). The number of aromatic hydroxyl groups is 1. The Hall–Kier alpha value is -2.32. The minimum absolute atomic E-state index is 0.0671. The largest absolute Gasteiger partial charge is 0.507 e. The molecule has 8 heteroatoms. The fourth-order valence-electron chi connectivity index (χ4n) is 2.30. The fraction of sp³-hybridized carbons (Fsp3) is 0.167. The summed E-state index contributed by atoms with van der Waals surface area (Å²) in [6, 6.07) is 15.1. The number of hydrogen-bond acceptors (Lipinski definition) is 5. The van der Waals surface area contributed by atoms with Crippen molar-refractivity contribution in [3.05, 3.63) is 58.6 Å². The van der Waals surface area contributed by atoms with Crippen molar-refractivity contribution < 1.29 is 9.90 Å². The summed E-state index contributed by atoms with van der Waals surface area (Å²) in [6.07, 6.45) is 0.796. The van der Waals surface area contributed by atoms with E-state index in [-0.39, 0.29) is 17.4 Å². The zero-order chi connectivity index (χ0) is 18.4. The van der Waals surface area contributed by atoms with Crippen molar-refractivity contribution >= 4 is 33.6 Å². The highest BCUT2D eigenvalue weighted by atomic mass is 79.9. The first-order valence-electron chi connectivity index (χ1n) is 7.96. The molecule has 0 unspecified atom stereocenters. The van der Waals surface area contributed by atoms with E-state index in [0.29, 0.717) is 23.1 Å². The fourth-order valence-corrected chi connectivity index (χ4v) is 3.29. The van der Waals surface area contributed by atoms with Gasteiger partial charge in [0.25, 0.3) is 0 Å². The third-order valence-electron chi connectivity index (χ3n) is 3.59. The lowest BCUT2D eigenvalue weighted by molar-refractivity contribution is -0.118. The summed E-state index contributed by atoms with van der Waals surface area (Å²) < 4.78 is 0.827. The highest BCUT2D eigenvalue weighted by Crippen LogP contribution is 2.30. The van der Waals surface area contributed by atoms with Crippen LogP contribution in [0, 0.1) is 0 Å². The predicted octanol–water partition coefficient (Wildman–Crippen LogP) is 3.39. The second-order valence-electron chi connectivity index (χ2n) is 5.50. The van der Waals surface area contributed by atoms with Crippen LogP contribution in [0.25, 0.3) is 11.4 Å². The average Bonchev–Trinajstić information content (AvgIpc) is 3.12. The molecule has 0 aliphatic carbocycles. The van der Waals surface area contributed by atoms with Gasteiger partial charge in [-0.1, -0.05) is 58.0 Å². The van der Waals surface area contributed by atoms with Gasteiger partial charge in [0, 0.05) is 11.0 Å². The number of carbonyl (C=O) groups excluding carboxylic acids is 1. The summed E-state index contributed by atoms with van der Waals surface area (Å²) in [5.74, 6) is 0.731. The smallest absolute Gasteiger partial charge is 0.230 e. The molecule has 1 amide bonds. The third kappa shape index (κ3) is 5.09. The lowest BCUT2D eigenvalue weighted by Crippen LogP contribution is -2.27. The number of amides is 1. The number of carbonyl (C=O) groups is 1. The summed E-state index contributed by atoms with van der Waals surface area (Å²) in [5, 5.41) is 20.1. The molecule has 0 saturated heterocycles. The highest BCUT2D eigenvalue weighted by molar-refractivity contribution is 9.10. The Kier molecular flexibility index (Phi) is 6.30. The molecule has 3 N–H and O–H groups in total. The highest BCUT2D eigenvalue weighted by Gasteiger charge is 2.12. The number of phenols is 1. The molecule has 3 aromatic rings. The van der Waals surface area contributed by atoms with Crippen LogP contribution in [0.2, 0.25) is 0 Å². The number of thioether (sulfide) groups is 1. The van der Waals surface area contributed by atoms with E-state index in [0.717, 1.165) is 10.9 Å². The average molecular weight is 433 g/mol. The van der Waals surface area contributed by atoms with Gasteiger partial charge in [0.2, 0.25) is 11.1 Å². The maximum atomic E-state index is 11.9. The second kappa shape index (κ2) is 8.86. The molecule has 3 rings (SSSR count). The summed E-state index contributed by atoms with van der Waals surface area (Å²) >= 11 is 4.60. The molecule has 0 atom stereocenters. The van der Waals surface area contributed by atoms with Crippen molar-refractivity contribution in [2.75, 3.05) is 12.3 Å². The topological polar surface area (TPSA) is 90.9 Å². The lowest BCUT2D eigenvalue weighted by atomic mass is 10.1. The molecule has 6 nitrogen and oxygen atoms in total. The number of phenolic OH excluding ortho intramolecular Hbond substituents is 1. The van der Waals surface area contributed by atoms with Crippen LogP contribution in [0.1, 0.15) is 5.56 Å². The van der Waals surface area contributed by atoms with Gasteiger partial charge in [-0.2, -0.15) is 0 Å². The van der Waals surface area contributed by atoms with Gasteiger partial charge < -0.3 is 10.4 Å². The van der Waals surface area contributed by atoms with E-state index in [9.17, 15) is 9.90 Å². The van der Waals surface area contributed by atoms with Crippen LogP contribution in [0.4, 0.5) is 0 Å². The van der Waals surface area contributed by atoms with Gasteiger partial charge in [0.15, 0.2) is 5.82 Å². The first kappa shape index (κ1) is 18.5. The molecular weight excluding hydrogens is 416 g/mol. The third-order valence-corrected chi connectivity index (χ3v) is 4.93. The number of aromatic amines is 1. The molecule has 134 valence electrons. The van der Waals surface area contributed by atoms with E-state index in [2.05, 4.69) is 36.4 Å². The lowest BCUT2D eigenvalue weighted by Gasteiger charge is -2.04. The number of aromatic nitrogens is 3. The minimum atomic E-state index is -0.0671. The van der Waals surface area contributed by atoms with E-state index < -0.39 is 0 Å². The summed E-state index contributed by atoms with van der Waals surface area (Å²) in [7, 11) is 0. The normalized spacial score (nSPS) is 10.7. The Bertz CT molecular complexity index is 886. The van der Waals surface area contributed by atoms with E-state index in [4.69, 9.17) is 0 Å². The van der Waals surface area contributed by atoms with Gasteiger partial charge in [-0.25, -0.2) is 4.98 Å². The molecule has 26 heavy (non-hydrogen) atoms. The second-order valence-corrected chi connectivity index (χ2v) is 7.36. The molecule has 0 fully saturated rings. The number of nitrogens with one attached hydrogen (secondary N) is 2. The van der Waals surface area contributed by atoms with Gasteiger partial charge in [-0.15, -0.1) is 5.10 Å². The Labute approximate surface area is 163 Å². The van der Waals surface area contributed by atoms with E-state index >= 15 is 0 Å². The number of rotatable bonds is 7. The quantitative estimate of drug-likeness (QED) is 0.497. The maximum absolute atomic E-state index is 11.9. The van der Waals surface area contributed by atoms with E-state index in [1.807, 2.05) is 30.3 Å². The van der Waals surface area contributed by atoms with Gasteiger partial charge in [0.05, 0.1) is 11.3 Å². The van der Waals surface area contributed by atoms with E-state index in [1.165, 1.54) is 17.3 Å². The van der Waals surface area contributed by atoms with Crippen LogP contribution < -0.4 is 5.32 Å². The van der Waals surface area contributed by atoms with Gasteiger partial charge in [-0.3, -0.25) is 9.89 Å². The zero-order valence-electron chi connectivity index (χ0n) is 13.8. The van der Waals surface area contributed by atoms with Crippen molar-refractivity contribution in [1.82, 2.24) is 20.5 Å². The Morgan fingerprint density at radius 1 is 1.23 bits per heavy atom. The van der Waals surface area contributed by atoms with Crippen molar-refractivity contribution in [2.45, 2.75) is 11.6 Å². The van der Waals surface area contributed by atoms with Crippen molar-refractivity contribution in [2.24, 2.45) is 0 Å². The number of halogens is 1. The molecule has 0 radical (unpaired) electrons. The zero-order valence-corrected chi connectivity index (χ0v) is 16.2. The molecule has 1 aromatic heterocycles. The van der Waals surface area contributed by atoms with Crippen LogP contribution in [-0.4, -0.2) is 38.5 Å². The molecule has 0 spiro atoms. The van der Waals surface area contributed by atoms with Crippen LogP contribution >= 0.6 is 27.7 Å². The minimum Gasteiger partial charge on any atom is -0.507 e. The van der Waals surface area contributed by atoms with Crippen LogP contribution in [0.5, 0.6) is 5.75 Å². The van der Waals surface area contributed by atoms with Crippen molar-refractivity contribution in [3.8, 4) is 17.1 Å². The van der Waals surface area contributed by atoms with Crippen LogP contribution in [-0.2, 0) is 11.2 Å². The summed E-state index contributed by atoms with van der Waals surface area (Å²) in [4.78, 5) is 16.3. The predicted molar refractivity (Wildman–Crippen MR) is 105 cm³/mol. The van der Waals surface area contributed by atoms with Crippen molar-refractivity contribution in [1.29, 1.82) is 0 Å². The monoisotopic (exact) mass is 432 g/mol. The molecule has 0 saturated carbocycles. The molecule has 0 bridgehead atoms. The molecular formula is C18H17BrN4O2S. The number of H-pyrrole nitrogens is 1. The SMILES string of the molecule is O=C(CSc1n[nH]c(-c2cc(Br)ccc2O)n1)NCCc1ccccc1. The first-order chi connectivity index (χ1) is 12.6. The number of hydrogen-bond donors (Lipinski definition) is 3. The molecule has 0 aliphatic heterocycles. The van der Waals surface area contributed by atoms with E-state index in [1.54, 1.807) is 18.2 Å². The summed E-state index contributed by atoms with van der Waals surface area (Å²) in [6.45, 7) is 0.592. The van der Waals surface area contributed by atoms with Gasteiger partial charge >= 0.3 is 0 Å². The Balaban J connectivity index is 1.48. The van der Waals surface area contributed by atoms with Crippen molar-refractivity contribution in [3.63, 3.8) is 0 Å². The number of benzene rings is 2. The maximum Gasteiger partial charge on any atom is 0.230 e. The first-order valence-corrected chi connectivity index (χ1v) is 9.74. The Morgan fingerprint density at radius 2 is 2.04 bits per heavy atom. The molecule has 1 heterocycles. The van der Waals surface area contributed by atoms with Crippen LogP contribution in [0.15, 0.2) is 58.2 Å². The summed E-state index contributed by atoms with van der Waals surface area (Å²) in [5.41, 5.74) is 1.74. The Morgan fingerprint density at radius 3 is 2.85 bits per heavy atom. The van der Waals surface area contributed by atoms with Gasteiger partial charge in [-0.05, 0) is 30.2 Å². The number of nitrogens with zero attached hydrogens (tertiary/aromatic N) is 2. The van der Waals surface area contributed by atoms with Crippen LogP contribution in [0.3, 0.4) is 0 Å².